The summed E-state index contributed by atoms with van der Waals surface area (Å²) in [5.41, 5.74) is -0.995. The van der Waals surface area contributed by atoms with Crippen molar-refractivity contribution in [2.75, 3.05) is 0 Å². The van der Waals surface area contributed by atoms with Crippen LogP contribution in [-0.2, 0) is 15.1 Å². The van der Waals surface area contributed by atoms with Crippen molar-refractivity contribution in [3.8, 4) is 0 Å². The third-order valence-corrected chi connectivity index (χ3v) is 4.21. The first-order valence-electron chi connectivity index (χ1n) is 5.84. The van der Waals surface area contributed by atoms with Crippen molar-refractivity contribution in [3.63, 3.8) is 0 Å². The molecule has 0 heterocycles. The molecule has 0 bridgehead atoms. The van der Waals surface area contributed by atoms with Gasteiger partial charge in [0.1, 0.15) is 0 Å². The zero-order chi connectivity index (χ0) is 14.2. The lowest BCUT2D eigenvalue weighted by molar-refractivity contribution is -0.155. The Kier molecular flexibility index (Phi) is 3.74. The monoisotopic (exact) mass is 301 g/mol. The van der Waals surface area contributed by atoms with E-state index in [1.54, 1.807) is 6.07 Å². The predicted octanol–water partition coefficient (Wildman–Crippen LogP) is 2.91. The van der Waals surface area contributed by atoms with Gasteiger partial charge in [-0.3, -0.25) is 4.79 Å². The molecule has 19 heavy (non-hydrogen) atoms. The average Bonchev–Trinajstić information content (AvgIpc) is 3.17. The Labute approximate surface area is 120 Å². The van der Waals surface area contributed by atoms with E-state index in [9.17, 15) is 14.7 Å². The molecule has 1 fully saturated rings. The van der Waals surface area contributed by atoms with Crippen molar-refractivity contribution in [1.82, 2.24) is 4.90 Å². The largest absolute Gasteiger partial charge is 0.479 e. The molecular formula is C13H13Cl2NO3. The van der Waals surface area contributed by atoms with Gasteiger partial charge in [-0.1, -0.05) is 29.3 Å². The molecule has 6 heteroatoms. The van der Waals surface area contributed by atoms with Crippen LogP contribution in [0.5, 0.6) is 0 Å². The maximum absolute atomic E-state index is 11.7. The van der Waals surface area contributed by atoms with Gasteiger partial charge in [0.15, 0.2) is 5.54 Å². The third kappa shape index (κ3) is 2.42. The summed E-state index contributed by atoms with van der Waals surface area (Å²) >= 11 is 11.8. The maximum atomic E-state index is 11.7. The fraction of sp³-hybridized carbons (Fsp3) is 0.385. The van der Waals surface area contributed by atoms with Crippen LogP contribution in [0, 0.1) is 0 Å². The summed E-state index contributed by atoms with van der Waals surface area (Å²) in [4.78, 5) is 24.3. The van der Waals surface area contributed by atoms with Crippen molar-refractivity contribution in [1.29, 1.82) is 0 Å². The minimum Gasteiger partial charge on any atom is -0.479 e. The average molecular weight is 302 g/mol. The molecule has 1 N–H and O–H groups in total. The Hall–Kier alpha value is -1.26. The minimum atomic E-state index is -1.43. The van der Waals surface area contributed by atoms with Crippen LogP contribution >= 0.6 is 23.2 Å². The van der Waals surface area contributed by atoms with Crippen molar-refractivity contribution in [3.05, 3.63) is 33.8 Å². The van der Waals surface area contributed by atoms with Crippen LogP contribution in [0.2, 0.25) is 10.0 Å². The molecule has 1 aliphatic carbocycles. The maximum Gasteiger partial charge on any atom is 0.334 e. The lowest BCUT2D eigenvalue weighted by Crippen LogP contribution is -2.50. The molecule has 1 aliphatic rings. The smallest absolute Gasteiger partial charge is 0.334 e. The molecule has 1 amide bonds. The van der Waals surface area contributed by atoms with Gasteiger partial charge in [-0.2, -0.15) is 0 Å². The number of aliphatic carboxylic acids is 1. The fourth-order valence-corrected chi connectivity index (χ4v) is 2.39. The lowest BCUT2D eigenvalue weighted by Gasteiger charge is -2.36. The number of rotatable bonds is 5. The van der Waals surface area contributed by atoms with Gasteiger partial charge in [0.05, 0.1) is 10.0 Å². The van der Waals surface area contributed by atoms with Gasteiger partial charge >= 0.3 is 5.97 Å². The molecule has 2 rings (SSSR count). The first-order valence-corrected chi connectivity index (χ1v) is 6.59. The predicted molar refractivity (Wildman–Crippen MR) is 72.4 cm³/mol. The third-order valence-electron chi connectivity index (χ3n) is 3.47. The summed E-state index contributed by atoms with van der Waals surface area (Å²) in [6.07, 6.45) is 2.24. The van der Waals surface area contributed by atoms with Gasteiger partial charge < -0.3 is 10.0 Å². The molecule has 102 valence electrons. The number of carbonyl (C=O) groups is 2. The highest BCUT2D eigenvalue weighted by atomic mass is 35.5. The van der Waals surface area contributed by atoms with Crippen LogP contribution in [0.3, 0.4) is 0 Å². The quantitative estimate of drug-likeness (QED) is 0.851. The molecule has 1 atom stereocenters. The topological polar surface area (TPSA) is 57.6 Å². The van der Waals surface area contributed by atoms with E-state index in [0.29, 0.717) is 17.0 Å². The van der Waals surface area contributed by atoms with Crippen LogP contribution < -0.4 is 0 Å². The molecule has 0 saturated heterocycles. The number of carboxylic acids is 1. The molecular weight excluding hydrogens is 289 g/mol. The molecule has 1 saturated carbocycles. The SMILES string of the molecule is CC(C(=O)O)(c1ccc(Cl)c(Cl)c1)N(C=O)C1CC1. The van der Waals surface area contributed by atoms with Crippen molar-refractivity contribution >= 4 is 35.6 Å². The number of hydrogen-bond acceptors (Lipinski definition) is 2. The molecule has 4 nitrogen and oxygen atoms in total. The molecule has 1 aromatic rings. The second-order valence-electron chi connectivity index (χ2n) is 4.75. The lowest BCUT2D eigenvalue weighted by atomic mass is 9.90. The van der Waals surface area contributed by atoms with Gasteiger partial charge in [-0.15, -0.1) is 0 Å². The summed E-state index contributed by atoms with van der Waals surface area (Å²) in [5, 5.41) is 10.2. The van der Waals surface area contributed by atoms with Gasteiger partial charge in [0.25, 0.3) is 0 Å². The number of nitrogens with zero attached hydrogens (tertiary/aromatic N) is 1. The highest BCUT2D eigenvalue weighted by Crippen LogP contribution is 2.39. The summed E-state index contributed by atoms with van der Waals surface area (Å²) < 4.78 is 0. The standard InChI is InChI=1S/C13H13Cl2NO3/c1-13(12(18)19,16(7-17)9-3-4-9)8-2-5-10(14)11(15)6-8/h2,5-7,9H,3-4H2,1H3,(H,18,19). The minimum absolute atomic E-state index is 0.0203. The Morgan fingerprint density at radius 2 is 2.05 bits per heavy atom. The highest BCUT2D eigenvalue weighted by molar-refractivity contribution is 6.42. The molecule has 0 aromatic heterocycles. The fourth-order valence-electron chi connectivity index (χ4n) is 2.09. The number of halogens is 2. The molecule has 1 unspecified atom stereocenters. The number of benzene rings is 1. The van der Waals surface area contributed by atoms with Gasteiger partial charge in [0, 0.05) is 6.04 Å². The number of hydrogen-bond donors (Lipinski definition) is 1. The van der Waals surface area contributed by atoms with Crippen LogP contribution in [0.1, 0.15) is 25.3 Å². The second kappa shape index (κ2) is 5.02. The van der Waals surface area contributed by atoms with E-state index >= 15 is 0 Å². The molecule has 0 radical (unpaired) electrons. The Morgan fingerprint density at radius 3 is 2.47 bits per heavy atom. The Morgan fingerprint density at radius 1 is 1.42 bits per heavy atom. The number of carbonyl (C=O) groups excluding carboxylic acids is 1. The van der Waals surface area contributed by atoms with E-state index in [1.807, 2.05) is 0 Å². The van der Waals surface area contributed by atoms with Crippen LogP contribution in [-0.4, -0.2) is 28.4 Å². The van der Waals surface area contributed by atoms with E-state index in [0.717, 1.165) is 12.8 Å². The Balaban J connectivity index is 2.51. The molecule has 0 aliphatic heterocycles. The zero-order valence-corrected chi connectivity index (χ0v) is 11.8. The van der Waals surface area contributed by atoms with Crippen molar-refractivity contribution in [2.45, 2.75) is 31.3 Å². The highest BCUT2D eigenvalue weighted by Gasteiger charge is 2.47. The van der Waals surface area contributed by atoms with Crippen LogP contribution in [0.25, 0.3) is 0 Å². The summed E-state index contributed by atoms with van der Waals surface area (Å²) in [5.74, 6) is -1.09. The zero-order valence-electron chi connectivity index (χ0n) is 10.3. The summed E-state index contributed by atoms with van der Waals surface area (Å²) in [6.45, 7) is 1.50. The van der Waals surface area contributed by atoms with Crippen LogP contribution in [0.4, 0.5) is 0 Å². The van der Waals surface area contributed by atoms with E-state index in [4.69, 9.17) is 23.2 Å². The first kappa shape index (κ1) is 14.2. The van der Waals surface area contributed by atoms with E-state index in [-0.39, 0.29) is 11.1 Å². The second-order valence-corrected chi connectivity index (χ2v) is 5.56. The molecule has 0 spiro atoms. The number of carboxylic acid groups (broad SMARTS) is 1. The number of amides is 1. The van der Waals surface area contributed by atoms with E-state index in [2.05, 4.69) is 0 Å². The van der Waals surface area contributed by atoms with E-state index < -0.39 is 11.5 Å². The van der Waals surface area contributed by atoms with E-state index in [1.165, 1.54) is 24.0 Å². The van der Waals surface area contributed by atoms with Crippen LogP contribution in [0.15, 0.2) is 18.2 Å². The summed E-state index contributed by atoms with van der Waals surface area (Å²) in [7, 11) is 0. The van der Waals surface area contributed by atoms with Gasteiger partial charge in [-0.25, -0.2) is 4.79 Å². The first-order chi connectivity index (χ1) is 8.91. The summed E-state index contributed by atoms with van der Waals surface area (Å²) in [6, 6.07) is 4.60. The Bertz CT molecular complexity index is 531. The van der Waals surface area contributed by atoms with Gasteiger partial charge in [-0.05, 0) is 37.5 Å². The normalized spacial score (nSPS) is 17.6. The van der Waals surface area contributed by atoms with Crippen molar-refractivity contribution in [2.24, 2.45) is 0 Å². The molecule has 1 aromatic carbocycles. The van der Waals surface area contributed by atoms with Crippen molar-refractivity contribution < 1.29 is 14.7 Å². The van der Waals surface area contributed by atoms with Gasteiger partial charge in [0.2, 0.25) is 6.41 Å².